The van der Waals surface area contributed by atoms with E-state index in [9.17, 15) is 9.90 Å². The van der Waals surface area contributed by atoms with Gasteiger partial charge in [-0.2, -0.15) is 0 Å². The Morgan fingerprint density at radius 3 is 3.14 bits per heavy atom. The van der Waals surface area contributed by atoms with Crippen LogP contribution in [0.3, 0.4) is 0 Å². The second-order valence-electron chi connectivity index (χ2n) is 5.77. The number of hydrogen-bond acceptors (Lipinski definition) is 5. The average Bonchev–Trinajstić information content (AvgIpc) is 3.22. The van der Waals surface area contributed by atoms with Crippen LogP contribution in [0.1, 0.15) is 25.0 Å². The minimum absolute atomic E-state index is 0.182. The molecule has 2 bridgehead atoms. The largest absolute Gasteiger partial charge is 0.481 e. The molecule has 5 nitrogen and oxygen atoms in total. The lowest BCUT2D eigenvalue weighted by atomic mass is 9.89. The summed E-state index contributed by atoms with van der Waals surface area (Å²) in [6, 6.07) is 4.35. The van der Waals surface area contributed by atoms with E-state index in [0.717, 1.165) is 42.3 Å². The summed E-state index contributed by atoms with van der Waals surface area (Å²) in [5.41, 5.74) is 1.01. The highest BCUT2D eigenvalue weighted by Gasteiger charge is 2.49. The lowest BCUT2D eigenvalue weighted by Crippen LogP contribution is -2.32. The van der Waals surface area contributed by atoms with Crippen molar-refractivity contribution >= 4 is 17.3 Å². The third-order valence-corrected chi connectivity index (χ3v) is 5.53. The Bertz CT molecular complexity index is 652. The first kappa shape index (κ1) is 13.0. The van der Waals surface area contributed by atoms with Gasteiger partial charge in [-0.05, 0) is 31.4 Å². The second kappa shape index (κ2) is 4.96. The van der Waals surface area contributed by atoms with Crippen molar-refractivity contribution in [3.05, 3.63) is 29.5 Å². The maximum absolute atomic E-state index is 11.3. The molecule has 0 aromatic carbocycles. The fourth-order valence-electron chi connectivity index (χ4n) is 3.69. The molecule has 2 aromatic heterocycles. The second-order valence-corrected chi connectivity index (χ2v) is 6.63. The van der Waals surface area contributed by atoms with Gasteiger partial charge >= 0.3 is 5.97 Å². The summed E-state index contributed by atoms with van der Waals surface area (Å²) >= 11 is 1.57. The Hall–Kier alpha value is -1.66. The molecular formula is C15H16N2O3S. The van der Waals surface area contributed by atoms with Crippen LogP contribution in [0.15, 0.2) is 28.2 Å². The van der Waals surface area contributed by atoms with Gasteiger partial charge in [-0.3, -0.25) is 9.69 Å². The van der Waals surface area contributed by atoms with Crippen LogP contribution >= 0.6 is 11.3 Å². The molecular weight excluding hydrogens is 288 g/mol. The molecule has 21 heavy (non-hydrogen) atoms. The van der Waals surface area contributed by atoms with Gasteiger partial charge in [0.2, 0.25) is 0 Å². The SMILES string of the molecule is O=C(O)C1CC2CCC1N2Cc1csc(-c2ccco2)n1. The van der Waals surface area contributed by atoms with Crippen molar-refractivity contribution in [2.45, 2.75) is 37.9 Å². The number of fused-ring (bicyclic) bond motifs is 2. The van der Waals surface area contributed by atoms with Crippen molar-refractivity contribution in [2.75, 3.05) is 0 Å². The third-order valence-electron chi connectivity index (χ3n) is 4.63. The highest BCUT2D eigenvalue weighted by Crippen LogP contribution is 2.42. The smallest absolute Gasteiger partial charge is 0.308 e. The summed E-state index contributed by atoms with van der Waals surface area (Å²) in [5, 5.41) is 12.2. The van der Waals surface area contributed by atoms with Crippen LogP contribution in [0.5, 0.6) is 0 Å². The number of carboxylic acids is 1. The lowest BCUT2D eigenvalue weighted by Gasteiger charge is -2.21. The van der Waals surface area contributed by atoms with Crippen LogP contribution in [0.2, 0.25) is 0 Å². The van der Waals surface area contributed by atoms with Gasteiger partial charge in [0.05, 0.1) is 17.9 Å². The number of carboxylic acid groups (broad SMARTS) is 1. The van der Waals surface area contributed by atoms with E-state index in [1.807, 2.05) is 17.5 Å². The zero-order valence-corrected chi connectivity index (χ0v) is 12.3. The van der Waals surface area contributed by atoms with Crippen LogP contribution in [0.4, 0.5) is 0 Å². The minimum atomic E-state index is -0.651. The molecule has 0 amide bonds. The Kier molecular flexibility index (Phi) is 3.08. The van der Waals surface area contributed by atoms with E-state index in [0.29, 0.717) is 6.04 Å². The van der Waals surface area contributed by atoms with E-state index >= 15 is 0 Å². The van der Waals surface area contributed by atoms with Crippen molar-refractivity contribution in [2.24, 2.45) is 5.92 Å². The van der Waals surface area contributed by atoms with Crippen LogP contribution in [-0.4, -0.2) is 33.0 Å². The molecule has 0 radical (unpaired) electrons. The fraction of sp³-hybridized carbons (Fsp3) is 0.467. The molecule has 6 heteroatoms. The van der Waals surface area contributed by atoms with Crippen molar-refractivity contribution < 1.29 is 14.3 Å². The summed E-state index contributed by atoms with van der Waals surface area (Å²) in [7, 11) is 0. The van der Waals surface area contributed by atoms with E-state index in [1.165, 1.54) is 0 Å². The summed E-state index contributed by atoms with van der Waals surface area (Å²) in [4.78, 5) is 18.2. The summed E-state index contributed by atoms with van der Waals surface area (Å²) < 4.78 is 5.36. The molecule has 3 unspecified atom stereocenters. The average molecular weight is 304 g/mol. The van der Waals surface area contributed by atoms with Gasteiger partial charge in [0, 0.05) is 24.0 Å². The highest BCUT2D eigenvalue weighted by atomic mass is 32.1. The number of aromatic nitrogens is 1. The monoisotopic (exact) mass is 304 g/mol. The molecule has 2 fully saturated rings. The third kappa shape index (κ3) is 2.18. The molecule has 2 aliphatic rings. The predicted octanol–water partition coefficient (Wildman–Crippen LogP) is 2.84. The Morgan fingerprint density at radius 2 is 2.43 bits per heavy atom. The molecule has 2 aromatic rings. The number of carbonyl (C=O) groups is 1. The van der Waals surface area contributed by atoms with Gasteiger partial charge in [-0.25, -0.2) is 4.98 Å². The normalized spacial score (nSPS) is 28.3. The van der Waals surface area contributed by atoms with E-state index in [-0.39, 0.29) is 12.0 Å². The Morgan fingerprint density at radius 1 is 1.52 bits per heavy atom. The number of hydrogen-bond donors (Lipinski definition) is 1. The molecule has 0 saturated carbocycles. The minimum Gasteiger partial charge on any atom is -0.481 e. The van der Waals surface area contributed by atoms with Crippen molar-refractivity contribution in [1.82, 2.24) is 9.88 Å². The van der Waals surface area contributed by atoms with Crippen molar-refractivity contribution in [3.8, 4) is 10.8 Å². The van der Waals surface area contributed by atoms with Crippen LogP contribution in [-0.2, 0) is 11.3 Å². The van der Waals surface area contributed by atoms with Crippen LogP contribution in [0, 0.1) is 5.92 Å². The number of thiazole rings is 1. The highest BCUT2D eigenvalue weighted by molar-refractivity contribution is 7.13. The first-order valence-electron chi connectivity index (χ1n) is 7.19. The maximum atomic E-state index is 11.3. The standard InChI is InChI=1S/C15H16N2O3S/c18-15(19)11-6-10-3-4-12(11)17(10)7-9-8-21-14(16-9)13-2-1-5-20-13/h1-2,5,8,10-12H,3-4,6-7H2,(H,18,19). The lowest BCUT2D eigenvalue weighted by molar-refractivity contribution is -0.142. The number of rotatable bonds is 4. The molecule has 4 rings (SSSR count). The molecule has 110 valence electrons. The van der Waals surface area contributed by atoms with Gasteiger partial charge in [-0.15, -0.1) is 11.3 Å². The van der Waals surface area contributed by atoms with Crippen molar-refractivity contribution in [1.29, 1.82) is 0 Å². The van der Waals surface area contributed by atoms with E-state index in [1.54, 1.807) is 17.6 Å². The zero-order chi connectivity index (χ0) is 14.4. The Labute approximate surface area is 126 Å². The molecule has 1 N–H and O–H groups in total. The first-order chi connectivity index (χ1) is 10.2. The van der Waals surface area contributed by atoms with Gasteiger partial charge in [0.1, 0.15) is 0 Å². The molecule has 0 aliphatic carbocycles. The predicted molar refractivity (Wildman–Crippen MR) is 77.9 cm³/mol. The van der Waals surface area contributed by atoms with E-state index in [2.05, 4.69) is 9.88 Å². The molecule has 2 saturated heterocycles. The number of aliphatic carboxylic acids is 1. The fourth-order valence-corrected chi connectivity index (χ4v) is 4.47. The van der Waals surface area contributed by atoms with Gasteiger partial charge in [0.15, 0.2) is 10.8 Å². The van der Waals surface area contributed by atoms with Crippen LogP contribution < -0.4 is 0 Å². The topological polar surface area (TPSA) is 66.6 Å². The zero-order valence-electron chi connectivity index (χ0n) is 11.4. The Balaban J connectivity index is 1.51. The number of furan rings is 1. The summed E-state index contributed by atoms with van der Waals surface area (Å²) in [6.07, 6.45) is 4.55. The first-order valence-corrected chi connectivity index (χ1v) is 8.07. The van der Waals surface area contributed by atoms with Crippen molar-refractivity contribution in [3.63, 3.8) is 0 Å². The molecule has 3 atom stereocenters. The maximum Gasteiger partial charge on any atom is 0.308 e. The van der Waals surface area contributed by atoms with Crippen LogP contribution in [0.25, 0.3) is 10.8 Å². The van der Waals surface area contributed by atoms with Gasteiger partial charge < -0.3 is 9.52 Å². The molecule has 2 aliphatic heterocycles. The summed E-state index contributed by atoms with van der Waals surface area (Å²) in [6.45, 7) is 0.746. The molecule has 4 heterocycles. The van der Waals surface area contributed by atoms with E-state index < -0.39 is 5.97 Å². The van der Waals surface area contributed by atoms with Gasteiger partial charge in [0.25, 0.3) is 0 Å². The molecule has 0 spiro atoms. The number of nitrogens with zero attached hydrogens (tertiary/aromatic N) is 2. The summed E-state index contributed by atoms with van der Waals surface area (Å²) in [5.74, 6) is -0.0623. The van der Waals surface area contributed by atoms with E-state index in [4.69, 9.17) is 4.42 Å². The quantitative estimate of drug-likeness (QED) is 0.941. The van der Waals surface area contributed by atoms with Gasteiger partial charge in [-0.1, -0.05) is 0 Å².